The van der Waals surface area contributed by atoms with Gasteiger partial charge in [-0.1, -0.05) is 69.2 Å². The molecule has 0 aliphatic carbocycles. The first kappa shape index (κ1) is 28.9. The van der Waals surface area contributed by atoms with E-state index in [9.17, 15) is 14.3 Å². The van der Waals surface area contributed by atoms with Crippen LogP contribution in [0.4, 0.5) is 4.39 Å². The van der Waals surface area contributed by atoms with E-state index in [0.29, 0.717) is 12.5 Å². The van der Waals surface area contributed by atoms with Crippen molar-refractivity contribution < 1.29 is 14.3 Å². The Morgan fingerprint density at radius 3 is 2.50 bits per heavy atom. The number of benzene rings is 2. The van der Waals surface area contributed by atoms with Gasteiger partial charge in [0, 0.05) is 43.0 Å². The summed E-state index contributed by atoms with van der Waals surface area (Å²) in [7, 11) is 0. The van der Waals surface area contributed by atoms with E-state index in [2.05, 4.69) is 54.1 Å². The minimum absolute atomic E-state index is 0.117. The maximum absolute atomic E-state index is 14.2. The fourth-order valence-corrected chi connectivity index (χ4v) is 8.04. The van der Waals surface area contributed by atoms with Crippen molar-refractivity contribution in [1.82, 2.24) is 14.8 Å². The van der Waals surface area contributed by atoms with Gasteiger partial charge in [-0.2, -0.15) is 0 Å². The quantitative estimate of drug-likeness (QED) is 0.283. The van der Waals surface area contributed by atoms with Crippen LogP contribution in [-0.2, 0) is 11.2 Å². The van der Waals surface area contributed by atoms with Gasteiger partial charge in [-0.15, -0.1) is 11.3 Å². The number of rotatable bonds is 11. The Hall–Kier alpha value is -2.61. The number of halogens is 1. The highest BCUT2D eigenvalue weighted by molar-refractivity contribution is 7.11. The third-order valence-corrected chi connectivity index (χ3v) is 10.3. The first-order chi connectivity index (χ1) is 19.4. The lowest BCUT2D eigenvalue weighted by Crippen LogP contribution is -2.45. The van der Waals surface area contributed by atoms with Crippen LogP contribution in [0.5, 0.6) is 0 Å². The number of carboxylic acid groups (broad SMARTS) is 1. The predicted molar refractivity (Wildman–Crippen MR) is 159 cm³/mol. The molecule has 40 heavy (non-hydrogen) atoms. The molecule has 2 fully saturated rings. The lowest BCUT2D eigenvalue weighted by atomic mass is 9.87. The van der Waals surface area contributed by atoms with Gasteiger partial charge in [0.1, 0.15) is 11.9 Å². The lowest BCUT2D eigenvalue weighted by molar-refractivity contribution is -0.145. The Bertz CT molecular complexity index is 1240. The Morgan fingerprint density at radius 1 is 1.07 bits per heavy atom. The smallest absolute Gasteiger partial charge is 0.321 e. The maximum atomic E-state index is 14.2. The summed E-state index contributed by atoms with van der Waals surface area (Å²) in [6, 6.07) is 17.0. The molecule has 0 saturated carbocycles. The first-order valence-corrected chi connectivity index (χ1v) is 15.7. The molecule has 0 bridgehead atoms. The van der Waals surface area contributed by atoms with Crippen LogP contribution in [0.25, 0.3) is 0 Å². The number of nitrogens with zero attached hydrogens (tertiary/aromatic N) is 3. The number of carboxylic acids is 1. The monoisotopic (exact) mass is 563 g/mol. The molecule has 5 rings (SSSR count). The average molecular weight is 564 g/mol. The number of likely N-dealkylation sites (tertiary alicyclic amines) is 2. The van der Waals surface area contributed by atoms with E-state index < -0.39 is 12.0 Å². The largest absolute Gasteiger partial charge is 0.480 e. The van der Waals surface area contributed by atoms with Gasteiger partial charge in [-0.25, -0.2) is 9.37 Å². The molecule has 214 valence electrons. The van der Waals surface area contributed by atoms with Crippen LogP contribution in [0.3, 0.4) is 0 Å². The van der Waals surface area contributed by atoms with Gasteiger partial charge in [-0.05, 0) is 66.9 Å². The molecule has 7 heteroatoms. The van der Waals surface area contributed by atoms with Crippen molar-refractivity contribution in [2.24, 2.45) is 11.8 Å². The minimum Gasteiger partial charge on any atom is -0.480 e. The molecular formula is C33H42FN3O2S. The fraction of sp³-hybridized carbons (Fsp3) is 0.515. The third kappa shape index (κ3) is 6.81. The number of aliphatic carboxylic acids is 1. The molecule has 3 aromatic rings. The average Bonchev–Trinajstić information content (AvgIpc) is 3.59. The van der Waals surface area contributed by atoms with Crippen LogP contribution < -0.4 is 0 Å². The molecule has 2 unspecified atom stereocenters. The Morgan fingerprint density at radius 2 is 1.82 bits per heavy atom. The van der Waals surface area contributed by atoms with Crippen LogP contribution >= 0.6 is 11.3 Å². The molecule has 2 saturated heterocycles. The van der Waals surface area contributed by atoms with E-state index in [-0.39, 0.29) is 23.6 Å². The minimum atomic E-state index is -0.732. The number of aromatic nitrogens is 1. The first-order valence-electron chi connectivity index (χ1n) is 14.9. The van der Waals surface area contributed by atoms with Gasteiger partial charge < -0.3 is 10.0 Å². The van der Waals surface area contributed by atoms with Gasteiger partial charge in [0.15, 0.2) is 0 Å². The molecule has 2 aliphatic heterocycles. The van der Waals surface area contributed by atoms with Gasteiger partial charge in [0.25, 0.3) is 0 Å². The second-order valence-corrected chi connectivity index (χ2v) is 12.8. The Balaban J connectivity index is 1.24. The van der Waals surface area contributed by atoms with Crippen molar-refractivity contribution in [3.8, 4) is 0 Å². The summed E-state index contributed by atoms with van der Waals surface area (Å²) < 4.78 is 14.2. The number of piperidine rings is 1. The summed E-state index contributed by atoms with van der Waals surface area (Å²) >= 11 is 1.85. The zero-order valence-electron chi connectivity index (χ0n) is 23.7. The number of thiazole rings is 1. The van der Waals surface area contributed by atoms with Crippen molar-refractivity contribution in [3.63, 3.8) is 0 Å². The molecule has 2 aliphatic rings. The van der Waals surface area contributed by atoms with E-state index in [1.165, 1.54) is 21.5 Å². The van der Waals surface area contributed by atoms with Crippen LogP contribution in [0.1, 0.15) is 72.4 Å². The second-order valence-electron chi connectivity index (χ2n) is 11.6. The van der Waals surface area contributed by atoms with Crippen molar-refractivity contribution in [1.29, 1.82) is 0 Å². The van der Waals surface area contributed by atoms with Crippen molar-refractivity contribution in [2.75, 3.05) is 32.7 Å². The lowest BCUT2D eigenvalue weighted by Gasteiger charge is -2.34. The highest BCUT2D eigenvalue weighted by Gasteiger charge is 2.42. The molecule has 5 nitrogen and oxygen atoms in total. The summed E-state index contributed by atoms with van der Waals surface area (Å²) in [6.07, 6.45) is 6.88. The summed E-state index contributed by atoms with van der Waals surface area (Å²) in [5.41, 5.74) is 2.29. The highest BCUT2D eigenvalue weighted by atomic mass is 32.1. The predicted octanol–water partition coefficient (Wildman–Crippen LogP) is 6.66. The zero-order chi connectivity index (χ0) is 28.1. The molecular weight excluding hydrogens is 521 g/mol. The topological polar surface area (TPSA) is 56.7 Å². The van der Waals surface area contributed by atoms with Crippen LogP contribution in [0.2, 0.25) is 0 Å². The van der Waals surface area contributed by atoms with Crippen molar-refractivity contribution >= 4 is 17.3 Å². The van der Waals surface area contributed by atoms with Crippen LogP contribution in [0, 0.1) is 17.7 Å². The SMILES string of the molecule is CCC(CC)[C@@H](C(=O)O)N1CC(CN2CCC(c3cnc(Cc4ccccc4)s3)CC2)C(c2cccc(F)c2)C1. The van der Waals surface area contributed by atoms with Crippen LogP contribution in [0.15, 0.2) is 60.8 Å². The van der Waals surface area contributed by atoms with Gasteiger partial charge in [0.05, 0.1) is 5.01 Å². The van der Waals surface area contributed by atoms with Gasteiger partial charge in [0.2, 0.25) is 0 Å². The van der Waals surface area contributed by atoms with E-state index in [0.717, 1.165) is 63.8 Å². The number of hydrogen-bond donors (Lipinski definition) is 1. The molecule has 0 amide bonds. The summed E-state index contributed by atoms with van der Waals surface area (Å²) in [5.74, 6) is 0.114. The van der Waals surface area contributed by atoms with Crippen molar-refractivity contribution in [2.45, 2.75) is 63.8 Å². The van der Waals surface area contributed by atoms with Gasteiger partial charge >= 0.3 is 5.97 Å². The molecule has 2 aromatic carbocycles. The molecule has 3 atom stereocenters. The molecule has 0 spiro atoms. The molecule has 3 heterocycles. The van der Waals surface area contributed by atoms with E-state index in [1.54, 1.807) is 12.1 Å². The van der Waals surface area contributed by atoms with E-state index >= 15 is 0 Å². The Labute approximate surface area is 242 Å². The second kappa shape index (κ2) is 13.4. The zero-order valence-corrected chi connectivity index (χ0v) is 24.5. The Kier molecular flexibility index (Phi) is 9.66. The maximum Gasteiger partial charge on any atom is 0.321 e. The summed E-state index contributed by atoms with van der Waals surface area (Å²) in [5, 5.41) is 11.4. The molecule has 0 radical (unpaired) electrons. The van der Waals surface area contributed by atoms with Crippen molar-refractivity contribution in [3.05, 3.63) is 87.6 Å². The van der Waals surface area contributed by atoms with Gasteiger partial charge in [-0.3, -0.25) is 9.69 Å². The van der Waals surface area contributed by atoms with E-state index in [1.807, 2.05) is 23.5 Å². The summed E-state index contributed by atoms with van der Waals surface area (Å²) in [4.78, 5) is 23.2. The molecule has 1 aromatic heterocycles. The van der Waals surface area contributed by atoms with E-state index in [4.69, 9.17) is 4.98 Å². The number of hydrogen-bond acceptors (Lipinski definition) is 5. The third-order valence-electron chi connectivity index (χ3n) is 9.14. The number of carbonyl (C=O) groups is 1. The fourth-order valence-electron chi connectivity index (χ4n) is 6.92. The molecule has 1 N–H and O–H groups in total. The summed E-state index contributed by atoms with van der Waals surface area (Å²) in [6.45, 7) is 8.55. The normalized spacial score (nSPS) is 21.7. The van der Waals surface area contributed by atoms with Crippen LogP contribution in [-0.4, -0.2) is 64.6 Å². The standard InChI is InChI=1S/C33H42FN3O2S/c1-3-24(4-2)32(33(38)39)37-21-27(29(22-37)26-11-8-12-28(34)18-26)20-36-15-13-25(14-16-36)30-19-35-31(40-30)17-23-9-6-5-7-10-23/h5-12,18-19,24-25,27,29,32H,3-4,13-17,20-22H2,1-2H3,(H,38,39)/t27?,29?,32-/m0/s1. The highest BCUT2D eigenvalue weighted by Crippen LogP contribution is 2.38.